The van der Waals surface area contributed by atoms with E-state index < -0.39 is 22.9 Å². The number of aromatic nitrogens is 5. The van der Waals surface area contributed by atoms with Crippen molar-refractivity contribution in [3.8, 4) is 5.69 Å². The molecule has 0 bridgehead atoms. The van der Waals surface area contributed by atoms with Crippen molar-refractivity contribution in [2.75, 3.05) is 7.05 Å². The highest BCUT2D eigenvalue weighted by Crippen LogP contribution is 2.51. The van der Waals surface area contributed by atoms with Gasteiger partial charge in [-0.2, -0.15) is 23.4 Å². The molecular formula is C30H26F4N6O2. The molecule has 2 aliphatic carbocycles. The average molecular weight is 579 g/mol. The number of rotatable bonds is 5. The summed E-state index contributed by atoms with van der Waals surface area (Å²) in [7, 11) is 3.37. The largest absolute Gasteiger partial charge is 0.416 e. The van der Waals surface area contributed by atoms with Crippen LogP contribution in [-0.2, 0) is 19.6 Å². The highest BCUT2D eigenvalue weighted by molar-refractivity contribution is 6.03. The quantitative estimate of drug-likeness (QED) is 0.237. The number of Topliss-reactive ketones (excluding diaryl/α,β-unsaturated/α-hetero) is 1. The number of amides is 1. The van der Waals surface area contributed by atoms with Gasteiger partial charge in [0.1, 0.15) is 11.5 Å². The Kier molecular flexibility index (Phi) is 6.58. The van der Waals surface area contributed by atoms with Crippen molar-refractivity contribution in [2.45, 2.75) is 37.9 Å². The molecule has 0 radical (unpaired) electrons. The molecule has 1 amide bonds. The maximum atomic E-state index is 14.3. The van der Waals surface area contributed by atoms with Gasteiger partial charge in [0, 0.05) is 32.5 Å². The number of benzene rings is 1. The second kappa shape index (κ2) is 10.0. The lowest BCUT2D eigenvalue weighted by atomic mass is 9.60. The Labute approximate surface area is 238 Å². The van der Waals surface area contributed by atoms with Gasteiger partial charge in [-0.1, -0.05) is 5.57 Å². The summed E-state index contributed by atoms with van der Waals surface area (Å²) in [6.45, 7) is 0. The normalized spacial score (nSPS) is 20.0. The number of hydrogen-bond donors (Lipinski definition) is 0. The Balaban J connectivity index is 1.42. The van der Waals surface area contributed by atoms with Crippen LogP contribution in [0.15, 0.2) is 66.8 Å². The van der Waals surface area contributed by atoms with E-state index in [0.717, 1.165) is 29.6 Å². The van der Waals surface area contributed by atoms with Gasteiger partial charge in [0.2, 0.25) is 0 Å². The van der Waals surface area contributed by atoms with Crippen LogP contribution in [0.2, 0.25) is 0 Å². The summed E-state index contributed by atoms with van der Waals surface area (Å²) in [6, 6.07) is 7.09. The first-order valence-corrected chi connectivity index (χ1v) is 13.3. The van der Waals surface area contributed by atoms with Crippen LogP contribution in [0.1, 0.15) is 56.9 Å². The Hall–Kier alpha value is -4.61. The van der Waals surface area contributed by atoms with Crippen LogP contribution in [0.25, 0.3) is 11.8 Å². The fraction of sp³-hybridized carbons (Fsp3) is 0.300. The highest BCUT2D eigenvalue weighted by Gasteiger charge is 2.51. The van der Waals surface area contributed by atoms with Gasteiger partial charge >= 0.3 is 6.18 Å². The molecule has 8 nitrogen and oxygen atoms in total. The number of nitrogens with zero attached hydrogens (tertiary/aromatic N) is 6. The van der Waals surface area contributed by atoms with E-state index >= 15 is 0 Å². The number of aryl methyl sites for hydroxylation is 1. The van der Waals surface area contributed by atoms with E-state index in [4.69, 9.17) is 0 Å². The van der Waals surface area contributed by atoms with Crippen LogP contribution in [0.3, 0.4) is 0 Å². The highest BCUT2D eigenvalue weighted by atomic mass is 19.4. The summed E-state index contributed by atoms with van der Waals surface area (Å²) in [6.07, 6.45) is 4.23. The summed E-state index contributed by atoms with van der Waals surface area (Å²) in [4.78, 5) is 33.3. The monoisotopic (exact) mass is 578 g/mol. The molecule has 1 aromatic carbocycles. The molecule has 4 aromatic rings. The van der Waals surface area contributed by atoms with Gasteiger partial charge in [-0.3, -0.25) is 19.3 Å². The lowest BCUT2D eigenvalue weighted by Crippen LogP contribution is -2.49. The van der Waals surface area contributed by atoms with Gasteiger partial charge in [-0.05, 0) is 73.7 Å². The fourth-order valence-electron chi connectivity index (χ4n) is 6.08. The van der Waals surface area contributed by atoms with Crippen LogP contribution >= 0.6 is 0 Å². The third-order valence-corrected chi connectivity index (χ3v) is 8.28. The molecule has 12 heteroatoms. The maximum absolute atomic E-state index is 14.3. The number of alkyl halides is 3. The first kappa shape index (κ1) is 27.6. The molecule has 0 N–H and O–H groups in total. The van der Waals surface area contributed by atoms with E-state index in [2.05, 4.69) is 15.2 Å². The molecule has 3 aromatic heterocycles. The zero-order chi connectivity index (χ0) is 29.8. The van der Waals surface area contributed by atoms with Gasteiger partial charge in [0.25, 0.3) is 5.91 Å². The Morgan fingerprint density at radius 2 is 1.86 bits per heavy atom. The van der Waals surface area contributed by atoms with Crippen molar-refractivity contribution < 1.29 is 27.2 Å². The Bertz CT molecular complexity index is 1720. The first-order chi connectivity index (χ1) is 20.0. The predicted octanol–water partition coefficient (Wildman–Crippen LogP) is 5.29. The molecule has 1 saturated carbocycles. The van der Waals surface area contributed by atoms with Crippen LogP contribution in [-0.4, -0.2) is 54.2 Å². The Morgan fingerprint density at radius 1 is 1.10 bits per heavy atom. The van der Waals surface area contributed by atoms with E-state index in [1.165, 1.54) is 23.0 Å². The summed E-state index contributed by atoms with van der Waals surface area (Å²) in [5.74, 6) is -1.19. The zero-order valence-corrected chi connectivity index (χ0v) is 22.8. The molecule has 2 atom stereocenters. The molecule has 0 unspecified atom stereocenters. The molecule has 0 saturated heterocycles. The Morgan fingerprint density at radius 3 is 2.55 bits per heavy atom. The number of pyridine rings is 1. The van der Waals surface area contributed by atoms with Gasteiger partial charge in [-0.25, -0.2) is 9.07 Å². The zero-order valence-electron chi connectivity index (χ0n) is 22.8. The van der Waals surface area contributed by atoms with Crippen molar-refractivity contribution in [1.29, 1.82) is 0 Å². The molecule has 42 heavy (non-hydrogen) atoms. The fourth-order valence-corrected chi connectivity index (χ4v) is 6.08. The smallest absolute Gasteiger partial charge is 0.339 e. The molecule has 3 heterocycles. The summed E-state index contributed by atoms with van der Waals surface area (Å²) in [5.41, 5.74) is 0.706. The third-order valence-electron chi connectivity index (χ3n) is 8.28. The van der Waals surface area contributed by atoms with Crippen molar-refractivity contribution in [2.24, 2.45) is 12.5 Å². The molecule has 0 spiro atoms. The predicted molar refractivity (Wildman–Crippen MR) is 144 cm³/mol. The minimum Gasteiger partial charge on any atom is -0.339 e. The molecular weight excluding hydrogens is 552 g/mol. The second-order valence-corrected chi connectivity index (χ2v) is 10.8. The molecule has 6 rings (SSSR count). The minimum absolute atomic E-state index is 0.164. The van der Waals surface area contributed by atoms with Crippen molar-refractivity contribution in [3.63, 3.8) is 0 Å². The van der Waals surface area contributed by atoms with Crippen molar-refractivity contribution in [3.05, 3.63) is 101 Å². The number of hydrogen-bond acceptors (Lipinski definition) is 5. The molecule has 2 aliphatic rings. The first-order valence-electron chi connectivity index (χ1n) is 13.3. The number of fused-ring (bicyclic) bond motifs is 2. The molecule has 0 aliphatic heterocycles. The molecule has 216 valence electrons. The van der Waals surface area contributed by atoms with Gasteiger partial charge in [0.15, 0.2) is 5.78 Å². The van der Waals surface area contributed by atoms with Gasteiger partial charge < -0.3 is 4.90 Å². The van der Waals surface area contributed by atoms with E-state index in [1.807, 2.05) is 6.08 Å². The summed E-state index contributed by atoms with van der Waals surface area (Å²) >= 11 is 0. The van der Waals surface area contributed by atoms with E-state index in [0.29, 0.717) is 29.7 Å². The number of carbonyl (C=O) groups is 2. The van der Waals surface area contributed by atoms with Crippen LogP contribution in [0, 0.1) is 11.2 Å². The number of carbonyl (C=O) groups excluding carboxylic acids is 2. The van der Waals surface area contributed by atoms with Crippen molar-refractivity contribution >= 4 is 17.8 Å². The van der Waals surface area contributed by atoms with E-state index in [1.54, 1.807) is 48.2 Å². The SMILES string of the molecule is CN(C(=O)c1cnn(C)c1)[C@H]1CCC2=Cc3c(cnn3-c3ccc(F)cc3)C[C@]2(C(=O)c2cc(C(F)(F)F)ccn2)C1. The topological polar surface area (TPSA) is 85.9 Å². The lowest BCUT2D eigenvalue weighted by molar-refractivity contribution is -0.137. The standard InChI is InChI=1S/C30H26F4N6O2/c1-38-17-19(16-36-38)28(42)39(2)24-6-3-20-12-26-18(15-37-40(26)23-7-4-22(31)5-8-23)13-29(20,14-24)27(41)25-11-21(9-10-35-25)30(32,33)34/h4-5,7-12,15-17,24H,3,6,13-14H2,1-2H3/t24-,29-/m0/s1. The molecule has 1 fully saturated rings. The second-order valence-electron chi connectivity index (χ2n) is 10.8. The average Bonchev–Trinajstić information content (AvgIpc) is 3.60. The summed E-state index contributed by atoms with van der Waals surface area (Å²) < 4.78 is 57.5. The third kappa shape index (κ3) is 4.70. The summed E-state index contributed by atoms with van der Waals surface area (Å²) in [5, 5.41) is 8.56. The lowest BCUT2D eigenvalue weighted by Gasteiger charge is -2.46. The van der Waals surface area contributed by atoms with E-state index in [-0.39, 0.29) is 36.3 Å². The number of ketones is 1. The van der Waals surface area contributed by atoms with E-state index in [9.17, 15) is 27.2 Å². The number of allylic oxidation sites excluding steroid dienone is 1. The van der Waals surface area contributed by atoms with Gasteiger partial charge in [0.05, 0.1) is 40.3 Å². The van der Waals surface area contributed by atoms with Crippen LogP contribution < -0.4 is 0 Å². The minimum atomic E-state index is -4.64. The number of halogens is 4. The van der Waals surface area contributed by atoms with Crippen molar-refractivity contribution in [1.82, 2.24) is 29.4 Å². The van der Waals surface area contributed by atoms with Crippen LogP contribution in [0.4, 0.5) is 17.6 Å². The van der Waals surface area contributed by atoms with Gasteiger partial charge in [-0.15, -0.1) is 0 Å². The van der Waals surface area contributed by atoms with Crippen LogP contribution in [0.5, 0.6) is 0 Å². The maximum Gasteiger partial charge on any atom is 0.416 e.